The molecule has 0 radical (unpaired) electrons. The zero-order valence-electron chi connectivity index (χ0n) is 12.3. The van der Waals surface area contributed by atoms with E-state index in [-0.39, 0.29) is 17.4 Å². The van der Waals surface area contributed by atoms with E-state index >= 15 is 0 Å². The maximum atomic E-state index is 12.4. The van der Waals surface area contributed by atoms with Crippen LogP contribution >= 0.6 is 15.9 Å². The third-order valence-corrected chi connectivity index (χ3v) is 4.85. The number of amides is 1. The molecule has 4 heteroatoms. The number of rotatable bonds is 3. The van der Waals surface area contributed by atoms with Gasteiger partial charge < -0.3 is 10.1 Å². The second-order valence-electron chi connectivity index (χ2n) is 6.11. The largest absolute Gasteiger partial charge is 0.496 e. The highest BCUT2D eigenvalue weighted by molar-refractivity contribution is 9.10. The minimum atomic E-state index is -0.00618. The summed E-state index contributed by atoms with van der Waals surface area (Å²) in [5, 5.41) is 3.19. The lowest BCUT2D eigenvalue weighted by Gasteiger charge is -2.39. The summed E-state index contributed by atoms with van der Waals surface area (Å²) < 4.78 is 5.99. The van der Waals surface area contributed by atoms with Crippen LogP contribution in [-0.2, 0) is 0 Å². The molecule has 1 aromatic carbocycles. The van der Waals surface area contributed by atoms with Crippen molar-refractivity contribution in [2.24, 2.45) is 5.41 Å². The van der Waals surface area contributed by atoms with E-state index in [1.165, 1.54) is 19.3 Å². The van der Waals surface area contributed by atoms with Crippen molar-refractivity contribution in [1.82, 2.24) is 5.32 Å². The first-order chi connectivity index (χ1) is 9.44. The highest BCUT2D eigenvalue weighted by Crippen LogP contribution is 2.35. The van der Waals surface area contributed by atoms with E-state index in [9.17, 15) is 4.79 Å². The molecule has 1 fully saturated rings. The van der Waals surface area contributed by atoms with Crippen molar-refractivity contribution in [3.63, 3.8) is 0 Å². The molecule has 0 spiro atoms. The summed E-state index contributed by atoms with van der Waals surface area (Å²) in [6.45, 7) is 4.47. The van der Waals surface area contributed by atoms with Gasteiger partial charge in [-0.2, -0.15) is 0 Å². The summed E-state index contributed by atoms with van der Waals surface area (Å²) in [6.07, 6.45) is 4.69. The molecule has 1 aliphatic carbocycles. The zero-order valence-corrected chi connectivity index (χ0v) is 13.9. The fourth-order valence-electron chi connectivity index (χ4n) is 2.81. The fourth-order valence-corrected chi connectivity index (χ4v) is 3.35. The lowest BCUT2D eigenvalue weighted by atomic mass is 9.73. The van der Waals surface area contributed by atoms with Gasteiger partial charge >= 0.3 is 0 Å². The van der Waals surface area contributed by atoms with Gasteiger partial charge in [0, 0.05) is 11.6 Å². The molecule has 1 atom stereocenters. The van der Waals surface area contributed by atoms with Gasteiger partial charge in [-0.25, -0.2) is 0 Å². The third-order valence-electron chi connectivity index (χ3n) is 4.23. The van der Waals surface area contributed by atoms with Gasteiger partial charge in [0.25, 0.3) is 5.91 Å². The molecular formula is C16H22BrNO2. The van der Waals surface area contributed by atoms with Crippen LogP contribution in [0.5, 0.6) is 5.75 Å². The van der Waals surface area contributed by atoms with Gasteiger partial charge in [0.2, 0.25) is 0 Å². The first-order valence-corrected chi connectivity index (χ1v) is 7.88. The van der Waals surface area contributed by atoms with Crippen LogP contribution in [-0.4, -0.2) is 19.1 Å². The van der Waals surface area contributed by atoms with Crippen LogP contribution < -0.4 is 10.1 Å². The van der Waals surface area contributed by atoms with Gasteiger partial charge in [0.15, 0.2) is 0 Å². The summed E-state index contributed by atoms with van der Waals surface area (Å²) in [4.78, 5) is 12.4. The molecule has 1 unspecified atom stereocenters. The van der Waals surface area contributed by atoms with Crippen molar-refractivity contribution >= 4 is 21.8 Å². The minimum Gasteiger partial charge on any atom is -0.496 e. The average molecular weight is 340 g/mol. The number of methoxy groups -OCH3 is 1. The molecule has 0 heterocycles. The Morgan fingerprint density at radius 2 is 2.15 bits per heavy atom. The van der Waals surface area contributed by atoms with E-state index in [4.69, 9.17) is 4.74 Å². The summed E-state index contributed by atoms with van der Waals surface area (Å²) in [7, 11) is 1.62. The maximum absolute atomic E-state index is 12.4. The SMILES string of the molecule is COc1ccc(C(=O)NC2CCCCC2(C)C)cc1Br. The Bertz CT molecular complexity index is 499. The summed E-state index contributed by atoms with van der Waals surface area (Å²) in [6, 6.07) is 5.67. The van der Waals surface area contributed by atoms with E-state index in [2.05, 4.69) is 35.1 Å². The van der Waals surface area contributed by atoms with E-state index in [0.29, 0.717) is 5.56 Å². The smallest absolute Gasteiger partial charge is 0.251 e. The van der Waals surface area contributed by atoms with Gasteiger partial charge in [-0.15, -0.1) is 0 Å². The van der Waals surface area contributed by atoms with Crippen molar-refractivity contribution in [2.45, 2.75) is 45.6 Å². The molecule has 1 amide bonds. The van der Waals surface area contributed by atoms with E-state index < -0.39 is 0 Å². The van der Waals surface area contributed by atoms with Crippen LogP contribution in [0.3, 0.4) is 0 Å². The normalized spacial score (nSPS) is 21.3. The maximum Gasteiger partial charge on any atom is 0.251 e. The van der Waals surface area contributed by atoms with Crippen molar-refractivity contribution in [2.75, 3.05) is 7.11 Å². The molecule has 0 saturated heterocycles. The second kappa shape index (κ2) is 6.17. The molecule has 20 heavy (non-hydrogen) atoms. The van der Waals surface area contributed by atoms with Crippen LogP contribution in [0.25, 0.3) is 0 Å². The lowest BCUT2D eigenvalue weighted by Crippen LogP contribution is -2.46. The summed E-state index contributed by atoms with van der Waals surface area (Å²) >= 11 is 3.42. The molecule has 3 nitrogen and oxygen atoms in total. The van der Waals surface area contributed by atoms with Gasteiger partial charge in [-0.1, -0.05) is 26.7 Å². The van der Waals surface area contributed by atoms with E-state index in [1.54, 1.807) is 13.2 Å². The van der Waals surface area contributed by atoms with Gasteiger partial charge in [0.1, 0.15) is 5.75 Å². The highest BCUT2D eigenvalue weighted by Gasteiger charge is 2.33. The van der Waals surface area contributed by atoms with Crippen LogP contribution in [0.15, 0.2) is 22.7 Å². The first-order valence-electron chi connectivity index (χ1n) is 7.08. The molecule has 1 saturated carbocycles. The molecular weight excluding hydrogens is 318 g/mol. The Morgan fingerprint density at radius 1 is 1.40 bits per heavy atom. The van der Waals surface area contributed by atoms with Crippen molar-refractivity contribution in [3.05, 3.63) is 28.2 Å². The summed E-state index contributed by atoms with van der Waals surface area (Å²) in [5.41, 5.74) is 0.844. The number of nitrogens with one attached hydrogen (secondary N) is 1. The number of carbonyl (C=O) groups is 1. The third kappa shape index (κ3) is 3.35. The highest BCUT2D eigenvalue weighted by atomic mass is 79.9. The number of hydrogen-bond donors (Lipinski definition) is 1. The Labute approximate surface area is 129 Å². The van der Waals surface area contributed by atoms with Crippen molar-refractivity contribution in [3.8, 4) is 5.75 Å². The monoisotopic (exact) mass is 339 g/mol. The fraction of sp³-hybridized carbons (Fsp3) is 0.562. The molecule has 0 aliphatic heterocycles. The van der Waals surface area contributed by atoms with Gasteiger partial charge in [0.05, 0.1) is 11.6 Å². The topological polar surface area (TPSA) is 38.3 Å². The van der Waals surface area contributed by atoms with Crippen LogP contribution in [0, 0.1) is 5.41 Å². The number of halogens is 1. The predicted octanol–water partition coefficient (Wildman–Crippen LogP) is 4.16. The average Bonchev–Trinajstić information content (AvgIpc) is 2.41. The molecule has 110 valence electrons. The van der Waals surface area contributed by atoms with Crippen molar-refractivity contribution < 1.29 is 9.53 Å². The van der Waals surface area contributed by atoms with Gasteiger partial charge in [-0.3, -0.25) is 4.79 Å². The van der Waals surface area contributed by atoms with Crippen molar-refractivity contribution in [1.29, 1.82) is 0 Å². The summed E-state index contributed by atoms with van der Waals surface area (Å²) in [5.74, 6) is 0.730. The lowest BCUT2D eigenvalue weighted by molar-refractivity contribution is 0.0853. The van der Waals surface area contributed by atoms with Crippen LogP contribution in [0.4, 0.5) is 0 Å². The molecule has 1 aliphatic rings. The molecule has 0 aromatic heterocycles. The number of ether oxygens (including phenoxy) is 1. The molecule has 2 rings (SSSR count). The van der Waals surface area contributed by atoms with Gasteiger partial charge in [-0.05, 0) is 52.4 Å². The second-order valence-corrected chi connectivity index (χ2v) is 6.96. The molecule has 1 N–H and O–H groups in total. The van der Waals surface area contributed by atoms with Crippen LogP contribution in [0.1, 0.15) is 49.9 Å². The number of benzene rings is 1. The molecule has 1 aromatic rings. The quantitative estimate of drug-likeness (QED) is 0.897. The van der Waals surface area contributed by atoms with E-state index in [0.717, 1.165) is 16.6 Å². The Hall–Kier alpha value is -1.03. The Morgan fingerprint density at radius 3 is 2.75 bits per heavy atom. The first kappa shape index (κ1) is 15.4. The standard InChI is InChI=1S/C16H22BrNO2/c1-16(2)9-5-4-6-14(16)18-15(19)11-7-8-13(20-3)12(17)10-11/h7-8,10,14H,4-6,9H2,1-3H3,(H,18,19). The number of carbonyl (C=O) groups excluding carboxylic acids is 1. The zero-order chi connectivity index (χ0) is 14.8. The Balaban J connectivity index is 2.10. The minimum absolute atomic E-state index is 0.00618. The van der Waals surface area contributed by atoms with Crippen LogP contribution in [0.2, 0.25) is 0 Å². The predicted molar refractivity (Wildman–Crippen MR) is 84.2 cm³/mol. The number of hydrogen-bond acceptors (Lipinski definition) is 2. The van der Waals surface area contributed by atoms with E-state index in [1.807, 2.05) is 12.1 Å². The Kier molecular flexibility index (Phi) is 4.74. The molecule has 0 bridgehead atoms.